The van der Waals surface area contributed by atoms with Crippen LogP contribution in [0.15, 0.2) is 12.2 Å². The zero-order chi connectivity index (χ0) is 12.0. The largest absolute Gasteiger partial charge is 0.390 e. The van der Waals surface area contributed by atoms with Crippen LogP contribution in [0.2, 0.25) is 0 Å². The highest BCUT2D eigenvalue weighted by Crippen LogP contribution is 2.21. The summed E-state index contributed by atoms with van der Waals surface area (Å²) in [6, 6.07) is 0. The molecule has 0 amide bonds. The third-order valence-corrected chi connectivity index (χ3v) is 3.23. The maximum Gasteiger partial charge on any atom is 0.0632 e. The Morgan fingerprint density at radius 2 is 2.19 bits per heavy atom. The van der Waals surface area contributed by atoms with Gasteiger partial charge in [0.2, 0.25) is 0 Å². The minimum Gasteiger partial charge on any atom is -0.390 e. The first-order valence-corrected chi connectivity index (χ1v) is 6.35. The fraction of sp³-hybridized carbons (Fsp3) is 0.846. The number of hydrogen-bond acceptors (Lipinski definition) is 3. The van der Waals surface area contributed by atoms with Crippen molar-refractivity contribution in [1.29, 1.82) is 0 Å². The van der Waals surface area contributed by atoms with Crippen molar-refractivity contribution in [3.05, 3.63) is 12.2 Å². The van der Waals surface area contributed by atoms with E-state index in [4.69, 9.17) is 0 Å². The van der Waals surface area contributed by atoms with Crippen molar-refractivity contribution < 1.29 is 5.11 Å². The summed E-state index contributed by atoms with van der Waals surface area (Å²) in [7, 11) is 0. The summed E-state index contributed by atoms with van der Waals surface area (Å²) in [5.74, 6) is 0. The molecule has 1 atom stereocenters. The Morgan fingerprint density at radius 3 is 2.88 bits per heavy atom. The van der Waals surface area contributed by atoms with E-state index in [0.29, 0.717) is 0 Å². The van der Waals surface area contributed by atoms with E-state index in [1.54, 1.807) is 0 Å². The van der Waals surface area contributed by atoms with Crippen LogP contribution in [0.4, 0.5) is 0 Å². The van der Waals surface area contributed by atoms with Gasteiger partial charge in [-0.25, -0.2) is 0 Å². The SMILES string of the molecule is C=C(CNCC)CN1CCCC(C)(O)CC1. The number of likely N-dealkylation sites (tertiary alicyclic amines) is 1. The van der Waals surface area contributed by atoms with Crippen LogP contribution in [0.5, 0.6) is 0 Å². The van der Waals surface area contributed by atoms with Gasteiger partial charge in [-0.15, -0.1) is 0 Å². The minimum atomic E-state index is -0.461. The van der Waals surface area contributed by atoms with E-state index in [0.717, 1.165) is 52.0 Å². The number of rotatable bonds is 5. The zero-order valence-electron chi connectivity index (χ0n) is 10.8. The molecule has 2 N–H and O–H groups in total. The summed E-state index contributed by atoms with van der Waals surface area (Å²) in [5, 5.41) is 13.3. The van der Waals surface area contributed by atoms with Gasteiger partial charge >= 0.3 is 0 Å². The number of nitrogens with one attached hydrogen (secondary N) is 1. The number of likely N-dealkylation sites (N-methyl/N-ethyl adjacent to an activating group) is 1. The van der Waals surface area contributed by atoms with Gasteiger partial charge in [0.1, 0.15) is 0 Å². The molecule has 0 bridgehead atoms. The monoisotopic (exact) mass is 226 g/mol. The molecular formula is C13H26N2O. The first kappa shape index (κ1) is 13.7. The lowest BCUT2D eigenvalue weighted by Gasteiger charge is -2.23. The molecule has 3 heteroatoms. The predicted molar refractivity (Wildman–Crippen MR) is 68.6 cm³/mol. The second kappa shape index (κ2) is 6.38. The van der Waals surface area contributed by atoms with Crippen LogP contribution in [0.3, 0.4) is 0 Å². The van der Waals surface area contributed by atoms with Crippen LogP contribution in [0.1, 0.15) is 33.1 Å². The van der Waals surface area contributed by atoms with Crippen LogP contribution in [0, 0.1) is 0 Å². The summed E-state index contributed by atoms with van der Waals surface area (Å²) in [4.78, 5) is 2.40. The number of aliphatic hydroxyl groups is 1. The van der Waals surface area contributed by atoms with Crippen molar-refractivity contribution in [3.8, 4) is 0 Å². The third kappa shape index (κ3) is 5.10. The fourth-order valence-corrected chi connectivity index (χ4v) is 2.15. The molecule has 1 heterocycles. The molecule has 16 heavy (non-hydrogen) atoms. The Labute approximate surface area is 99.5 Å². The number of nitrogens with zero attached hydrogens (tertiary/aromatic N) is 1. The lowest BCUT2D eigenvalue weighted by molar-refractivity contribution is 0.0449. The Bertz CT molecular complexity index is 226. The van der Waals surface area contributed by atoms with E-state index >= 15 is 0 Å². The molecule has 94 valence electrons. The average molecular weight is 226 g/mol. The van der Waals surface area contributed by atoms with Crippen molar-refractivity contribution in [1.82, 2.24) is 10.2 Å². The first-order chi connectivity index (χ1) is 7.53. The molecule has 1 saturated heterocycles. The zero-order valence-corrected chi connectivity index (χ0v) is 10.8. The van der Waals surface area contributed by atoms with E-state index in [9.17, 15) is 5.11 Å². The average Bonchev–Trinajstić information content (AvgIpc) is 2.37. The summed E-state index contributed by atoms with van der Waals surface area (Å²) in [5.41, 5.74) is 0.779. The molecule has 1 rings (SSSR count). The van der Waals surface area contributed by atoms with Crippen LogP contribution in [0.25, 0.3) is 0 Å². The van der Waals surface area contributed by atoms with Gasteiger partial charge in [-0.1, -0.05) is 13.5 Å². The predicted octanol–water partition coefficient (Wildman–Crippen LogP) is 1.39. The smallest absolute Gasteiger partial charge is 0.0632 e. The lowest BCUT2D eigenvalue weighted by atomic mass is 9.98. The molecule has 0 aromatic rings. The molecule has 1 fully saturated rings. The molecule has 3 nitrogen and oxygen atoms in total. The summed E-state index contributed by atoms with van der Waals surface area (Å²) in [6.07, 6.45) is 2.88. The second-order valence-corrected chi connectivity index (χ2v) is 5.16. The standard InChI is InChI=1S/C13H26N2O/c1-4-14-10-12(2)11-15-8-5-6-13(3,16)7-9-15/h14,16H,2,4-11H2,1,3H3. The maximum atomic E-state index is 9.99. The lowest BCUT2D eigenvalue weighted by Crippen LogP contribution is -2.31. The molecule has 1 unspecified atom stereocenters. The molecule has 1 aliphatic rings. The van der Waals surface area contributed by atoms with E-state index in [1.165, 1.54) is 5.57 Å². The van der Waals surface area contributed by atoms with Crippen molar-refractivity contribution >= 4 is 0 Å². The normalized spacial score (nSPS) is 27.7. The van der Waals surface area contributed by atoms with E-state index < -0.39 is 5.60 Å². The van der Waals surface area contributed by atoms with Crippen LogP contribution in [-0.4, -0.2) is 48.3 Å². The number of hydrogen-bond donors (Lipinski definition) is 2. The molecule has 0 spiro atoms. The molecule has 1 aliphatic heterocycles. The van der Waals surface area contributed by atoms with Crippen LogP contribution < -0.4 is 5.32 Å². The Morgan fingerprint density at radius 1 is 1.44 bits per heavy atom. The molecule has 0 aromatic carbocycles. The van der Waals surface area contributed by atoms with E-state index in [2.05, 4.69) is 23.7 Å². The minimum absolute atomic E-state index is 0.461. The molecule has 0 aliphatic carbocycles. The van der Waals surface area contributed by atoms with Crippen molar-refractivity contribution in [2.24, 2.45) is 0 Å². The molecular weight excluding hydrogens is 200 g/mol. The maximum absolute atomic E-state index is 9.99. The van der Waals surface area contributed by atoms with Gasteiger partial charge < -0.3 is 10.4 Å². The first-order valence-electron chi connectivity index (χ1n) is 6.35. The summed E-state index contributed by atoms with van der Waals surface area (Å²) >= 11 is 0. The quantitative estimate of drug-likeness (QED) is 0.695. The Kier molecular flexibility index (Phi) is 5.46. The summed E-state index contributed by atoms with van der Waals surface area (Å²) in [6.45, 7) is 13.1. The van der Waals surface area contributed by atoms with Crippen LogP contribution in [-0.2, 0) is 0 Å². The molecule has 0 radical (unpaired) electrons. The van der Waals surface area contributed by atoms with Gasteiger partial charge in [-0.3, -0.25) is 4.90 Å². The highest BCUT2D eigenvalue weighted by molar-refractivity contribution is 5.00. The van der Waals surface area contributed by atoms with Gasteiger partial charge in [0, 0.05) is 19.6 Å². The fourth-order valence-electron chi connectivity index (χ4n) is 2.15. The Hall–Kier alpha value is -0.380. The summed E-state index contributed by atoms with van der Waals surface area (Å²) < 4.78 is 0. The van der Waals surface area contributed by atoms with Crippen LogP contribution >= 0.6 is 0 Å². The topological polar surface area (TPSA) is 35.5 Å². The second-order valence-electron chi connectivity index (χ2n) is 5.16. The van der Waals surface area contributed by atoms with Gasteiger partial charge in [0.25, 0.3) is 0 Å². The molecule has 0 aromatic heterocycles. The van der Waals surface area contributed by atoms with Gasteiger partial charge in [0.15, 0.2) is 0 Å². The molecule has 0 saturated carbocycles. The van der Waals surface area contributed by atoms with E-state index in [-0.39, 0.29) is 0 Å². The van der Waals surface area contributed by atoms with Gasteiger partial charge in [-0.05, 0) is 44.8 Å². The van der Waals surface area contributed by atoms with Crippen molar-refractivity contribution in [3.63, 3.8) is 0 Å². The third-order valence-electron chi connectivity index (χ3n) is 3.23. The van der Waals surface area contributed by atoms with E-state index in [1.807, 2.05) is 6.92 Å². The van der Waals surface area contributed by atoms with Gasteiger partial charge in [0.05, 0.1) is 5.60 Å². The van der Waals surface area contributed by atoms with Crippen molar-refractivity contribution in [2.45, 2.75) is 38.7 Å². The highest BCUT2D eigenvalue weighted by atomic mass is 16.3. The Balaban J connectivity index is 2.29. The van der Waals surface area contributed by atoms with Gasteiger partial charge in [-0.2, -0.15) is 0 Å². The highest BCUT2D eigenvalue weighted by Gasteiger charge is 2.24. The van der Waals surface area contributed by atoms with Crippen molar-refractivity contribution in [2.75, 3.05) is 32.7 Å².